The SMILES string of the molecule is Cc1ccc(C(=O)NCC(=O)NCCOc2ccc(C(C)(C)C)cc2)s1. The van der Waals surface area contributed by atoms with Crippen LogP contribution in [0.15, 0.2) is 36.4 Å². The van der Waals surface area contributed by atoms with E-state index in [1.807, 2.05) is 25.1 Å². The first-order valence-corrected chi connectivity index (χ1v) is 9.42. The van der Waals surface area contributed by atoms with Crippen LogP contribution in [0.1, 0.15) is 40.9 Å². The van der Waals surface area contributed by atoms with Crippen LogP contribution < -0.4 is 15.4 Å². The highest BCUT2D eigenvalue weighted by molar-refractivity contribution is 7.13. The molecule has 0 bridgehead atoms. The summed E-state index contributed by atoms with van der Waals surface area (Å²) in [5.74, 6) is 0.306. The van der Waals surface area contributed by atoms with Crippen molar-refractivity contribution in [2.45, 2.75) is 33.1 Å². The predicted octanol–water partition coefficient (Wildman–Crippen LogP) is 3.28. The van der Waals surface area contributed by atoms with Crippen molar-refractivity contribution >= 4 is 23.2 Å². The van der Waals surface area contributed by atoms with Gasteiger partial charge in [-0.15, -0.1) is 11.3 Å². The molecule has 2 amide bonds. The number of rotatable bonds is 7. The van der Waals surface area contributed by atoms with Gasteiger partial charge in [0.15, 0.2) is 0 Å². The Labute approximate surface area is 158 Å². The van der Waals surface area contributed by atoms with Crippen LogP contribution in [0.25, 0.3) is 0 Å². The zero-order valence-corrected chi connectivity index (χ0v) is 16.5. The summed E-state index contributed by atoms with van der Waals surface area (Å²) in [6.45, 7) is 9.14. The Morgan fingerprint density at radius 1 is 1.04 bits per heavy atom. The number of carbonyl (C=O) groups excluding carboxylic acids is 2. The van der Waals surface area contributed by atoms with Gasteiger partial charge in [0.1, 0.15) is 12.4 Å². The second kappa shape index (κ2) is 8.85. The quantitative estimate of drug-likeness (QED) is 0.731. The number of aryl methyl sites for hydroxylation is 1. The minimum atomic E-state index is -0.238. The number of thiophene rings is 1. The minimum absolute atomic E-state index is 0.0456. The van der Waals surface area contributed by atoms with Gasteiger partial charge in [0.25, 0.3) is 5.91 Å². The van der Waals surface area contributed by atoms with Crippen molar-refractivity contribution in [1.29, 1.82) is 0 Å². The number of carbonyl (C=O) groups is 2. The van der Waals surface area contributed by atoms with E-state index in [9.17, 15) is 9.59 Å². The number of hydrogen-bond donors (Lipinski definition) is 2. The molecule has 0 aliphatic rings. The summed E-state index contributed by atoms with van der Waals surface area (Å²) < 4.78 is 5.62. The number of amides is 2. The molecule has 140 valence electrons. The summed E-state index contributed by atoms with van der Waals surface area (Å²) in [5, 5.41) is 5.33. The van der Waals surface area contributed by atoms with Crippen LogP contribution in [-0.2, 0) is 10.2 Å². The van der Waals surface area contributed by atoms with Crippen LogP contribution in [0.3, 0.4) is 0 Å². The van der Waals surface area contributed by atoms with Gasteiger partial charge in [-0.1, -0.05) is 32.9 Å². The van der Waals surface area contributed by atoms with E-state index in [2.05, 4.69) is 43.5 Å². The summed E-state index contributed by atoms with van der Waals surface area (Å²) in [6, 6.07) is 11.6. The van der Waals surface area contributed by atoms with E-state index >= 15 is 0 Å². The monoisotopic (exact) mass is 374 g/mol. The highest BCUT2D eigenvalue weighted by Crippen LogP contribution is 2.24. The Morgan fingerprint density at radius 3 is 2.31 bits per heavy atom. The maximum absolute atomic E-state index is 11.9. The van der Waals surface area contributed by atoms with Crippen molar-refractivity contribution in [3.8, 4) is 5.75 Å². The Morgan fingerprint density at radius 2 is 1.73 bits per heavy atom. The molecule has 1 aromatic carbocycles. The van der Waals surface area contributed by atoms with E-state index in [4.69, 9.17) is 4.74 Å². The van der Waals surface area contributed by atoms with Gasteiger partial charge >= 0.3 is 0 Å². The van der Waals surface area contributed by atoms with Gasteiger partial charge in [-0.25, -0.2) is 0 Å². The van der Waals surface area contributed by atoms with Crippen LogP contribution in [0.4, 0.5) is 0 Å². The van der Waals surface area contributed by atoms with Crippen molar-refractivity contribution in [3.05, 3.63) is 51.7 Å². The molecular weight excluding hydrogens is 348 g/mol. The zero-order chi connectivity index (χ0) is 19.2. The van der Waals surface area contributed by atoms with Crippen molar-refractivity contribution in [2.75, 3.05) is 19.7 Å². The largest absolute Gasteiger partial charge is 0.492 e. The molecule has 0 radical (unpaired) electrons. The zero-order valence-electron chi connectivity index (χ0n) is 15.7. The van der Waals surface area contributed by atoms with Gasteiger partial charge < -0.3 is 15.4 Å². The van der Waals surface area contributed by atoms with Crippen LogP contribution in [0.5, 0.6) is 5.75 Å². The van der Waals surface area contributed by atoms with Crippen LogP contribution in [-0.4, -0.2) is 31.5 Å². The van der Waals surface area contributed by atoms with Gasteiger partial charge in [0.2, 0.25) is 5.91 Å². The third-order valence-electron chi connectivity index (χ3n) is 3.79. The molecule has 2 aromatic rings. The second-order valence-electron chi connectivity index (χ2n) is 7.07. The van der Waals surface area contributed by atoms with Gasteiger partial charge in [-0.05, 0) is 42.2 Å². The van der Waals surface area contributed by atoms with Crippen molar-refractivity contribution in [2.24, 2.45) is 0 Å². The lowest BCUT2D eigenvalue weighted by Gasteiger charge is -2.19. The molecule has 0 spiro atoms. The molecule has 2 rings (SSSR count). The highest BCUT2D eigenvalue weighted by atomic mass is 32.1. The van der Waals surface area contributed by atoms with E-state index in [0.29, 0.717) is 18.0 Å². The summed E-state index contributed by atoms with van der Waals surface area (Å²) in [5.41, 5.74) is 1.36. The van der Waals surface area contributed by atoms with Crippen LogP contribution in [0.2, 0.25) is 0 Å². The normalized spacial score (nSPS) is 11.1. The summed E-state index contributed by atoms with van der Waals surface area (Å²) in [4.78, 5) is 25.3. The Kier molecular flexibility index (Phi) is 6.80. The molecule has 0 saturated carbocycles. The molecule has 0 aliphatic carbocycles. The number of nitrogens with one attached hydrogen (secondary N) is 2. The van der Waals surface area contributed by atoms with Crippen LogP contribution in [0, 0.1) is 6.92 Å². The Balaban J connectivity index is 1.65. The number of ether oxygens (including phenoxy) is 1. The fraction of sp³-hybridized carbons (Fsp3) is 0.400. The molecule has 0 atom stereocenters. The van der Waals surface area contributed by atoms with Crippen molar-refractivity contribution in [3.63, 3.8) is 0 Å². The summed E-state index contributed by atoms with van der Waals surface area (Å²) in [6.07, 6.45) is 0. The predicted molar refractivity (Wildman–Crippen MR) is 105 cm³/mol. The van der Waals surface area contributed by atoms with E-state index in [1.54, 1.807) is 6.07 Å². The first-order valence-electron chi connectivity index (χ1n) is 8.60. The minimum Gasteiger partial charge on any atom is -0.492 e. The van der Waals surface area contributed by atoms with Crippen molar-refractivity contribution < 1.29 is 14.3 Å². The first-order chi connectivity index (χ1) is 12.3. The number of hydrogen-bond acceptors (Lipinski definition) is 4. The average molecular weight is 375 g/mol. The topological polar surface area (TPSA) is 67.4 Å². The lowest BCUT2D eigenvalue weighted by molar-refractivity contribution is -0.120. The highest BCUT2D eigenvalue weighted by Gasteiger charge is 2.13. The van der Waals surface area contributed by atoms with Crippen LogP contribution >= 0.6 is 11.3 Å². The Hall–Kier alpha value is -2.34. The average Bonchev–Trinajstić information content (AvgIpc) is 3.03. The molecule has 2 N–H and O–H groups in total. The maximum atomic E-state index is 11.9. The van der Waals surface area contributed by atoms with Gasteiger partial charge in [0, 0.05) is 4.88 Å². The number of benzene rings is 1. The lowest BCUT2D eigenvalue weighted by atomic mass is 9.87. The third kappa shape index (κ3) is 6.19. The second-order valence-corrected chi connectivity index (χ2v) is 8.35. The molecule has 1 heterocycles. The molecule has 5 nitrogen and oxygen atoms in total. The molecule has 1 aromatic heterocycles. The Bertz CT molecular complexity index is 745. The molecule has 0 fully saturated rings. The summed E-state index contributed by atoms with van der Waals surface area (Å²) in [7, 11) is 0. The van der Waals surface area contributed by atoms with E-state index in [0.717, 1.165) is 10.6 Å². The maximum Gasteiger partial charge on any atom is 0.261 e. The molecule has 6 heteroatoms. The fourth-order valence-corrected chi connectivity index (χ4v) is 3.06. The van der Waals surface area contributed by atoms with E-state index in [-0.39, 0.29) is 23.8 Å². The van der Waals surface area contributed by atoms with Gasteiger partial charge in [0.05, 0.1) is 18.0 Å². The summed E-state index contributed by atoms with van der Waals surface area (Å²) >= 11 is 1.41. The smallest absolute Gasteiger partial charge is 0.261 e. The molecule has 0 aliphatic heterocycles. The van der Waals surface area contributed by atoms with Gasteiger partial charge in [-0.3, -0.25) is 9.59 Å². The molecule has 0 saturated heterocycles. The van der Waals surface area contributed by atoms with E-state index in [1.165, 1.54) is 16.9 Å². The standard InChI is InChI=1S/C20H26N2O3S/c1-14-5-10-17(26-14)19(24)22-13-18(23)21-11-12-25-16-8-6-15(7-9-16)20(2,3)4/h5-10H,11-13H2,1-4H3,(H,21,23)(H,22,24). The third-order valence-corrected chi connectivity index (χ3v) is 4.79. The molecular formula is C20H26N2O3S. The van der Waals surface area contributed by atoms with Gasteiger partial charge in [-0.2, -0.15) is 0 Å². The molecule has 26 heavy (non-hydrogen) atoms. The first kappa shape index (κ1) is 20.0. The van der Waals surface area contributed by atoms with E-state index < -0.39 is 0 Å². The lowest BCUT2D eigenvalue weighted by Crippen LogP contribution is -2.38. The van der Waals surface area contributed by atoms with Crippen molar-refractivity contribution in [1.82, 2.24) is 10.6 Å². The fourth-order valence-electron chi connectivity index (χ4n) is 2.28. The molecule has 0 unspecified atom stereocenters.